The van der Waals surface area contributed by atoms with E-state index < -0.39 is 45.0 Å². The molecule has 3 aliphatic rings. The van der Waals surface area contributed by atoms with Crippen LogP contribution in [0.3, 0.4) is 0 Å². The second-order valence-electron chi connectivity index (χ2n) is 22.8. The molecule has 2 atom stereocenters. The second kappa shape index (κ2) is 28.1. The predicted molar refractivity (Wildman–Crippen MR) is 307 cm³/mol. The zero-order valence-electron chi connectivity index (χ0n) is 47.9. The summed E-state index contributed by atoms with van der Waals surface area (Å²) in [7, 11) is -0.910. The van der Waals surface area contributed by atoms with E-state index in [-0.39, 0.29) is 88.5 Å². The summed E-state index contributed by atoms with van der Waals surface area (Å²) in [6.45, 7) is 15.3. The molecular weight excluding hydrogens is 1120 g/mol. The van der Waals surface area contributed by atoms with Gasteiger partial charge in [0, 0.05) is 54.0 Å². The number of hydrogen-bond acceptors (Lipinski definition) is 14. The summed E-state index contributed by atoms with van der Waals surface area (Å²) in [5, 5.41) is 2.92. The van der Waals surface area contributed by atoms with Crippen LogP contribution < -0.4 is 10.2 Å². The summed E-state index contributed by atoms with van der Waals surface area (Å²) in [6.07, 6.45) is 14.0. The van der Waals surface area contributed by atoms with Gasteiger partial charge in [-0.2, -0.15) is 13.0 Å². The van der Waals surface area contributed by atoms with Gasteiger partial charge in [-0.3, -0.25) is 28.0 Å². The van der Waals surface area contributed by atoms with Gasteiger partial charge >= 0.3 is 19.8 Å². The minimum atomic E-state index is -4.45. The van der Waals surface area contributed by atoms with Crippen molar-refractivity contribution in [1.82, 2.24) is 5.32 Å². The highest BCUT2D eigenvalue weighted by Gasteiger charge is 2.44. The molecule has 5 rings (SSSR count). The molecule has 0 saturated heterocycles. The first-order chi connectivity index (χ1) is 36.9. The van der Waals surface area contributed by atoms with Gasteiger partial charge in [-0.25, -0.2) is 4.57 Å². The molecule has 0 saturated carbocycles. The number of nitrogens with one attached hydrogen (secondary N) is 1. The SMILES string of the molecule is C[N+]1=C(C=CC2=CC(=CC=C3N(CCC(=O)NCCOCCOCCOCCOC(=O)C(C)(C)CC(C)(Br)C(=O)OCCOP(=O)(O)OCC[N+](C)(C)C)c4ccc(S(=O)(=O)O)cc4C3(C)C)CCC2)C(C)(C)c2ccccc21. The molecule has 2 unspecified atom stereocenters. The van der Waals surface area contributed by atoms with E-state index in [1.165, 1.54) is 40.2 Å². The highest BCUT2D eigenvalue weighted by Crippen LogP contribution is 2.49. The van der Waals surface area contributed by atoms with Crippen LogP contribution in [0, 0.1) is 5.41 Å². The van der Waals surface area contributed by atoms with Crippen molar-refractivity contribution >= 4 is 68.8 Å². The van der Waals surface area contributed by atoms with Gasteiger partial charge in [-0.1, -0.05) is 66.2 Å². The Bertz CT molecular complexity index is 2810. The Morgan fingerprint density at radius 3 is 2.10 bits per heavy atom. The number of carbonyl (C=O) groups is 3. The molecule has 79 heavy (non-hydrogen) atoms. The Balaban J connectivity index is 0.993. The molecule has 19 nitrogen and oxygen atoms in total. The first kappa shape index (κ1) is 65.4. The van der Waals surface area contributed by atoms with E-state index in [4.69, 9.17) is 32.7 Å². The average Bonchev–Trinajstić information content (AvgIpc) is 4.00. The zero-order valence-corrected chi connectivity index (χ0v) is 51.2. The number of phosphoric acid groups is 1. The molecule has 2 aromatic rings. The summed E-state index contributed by atoms with van der Waals surface area (Å²) >= 11 is 3.36. The molecule has 438 valence electrons. The van der Waals surface area contributed by atoms with Gasteiger partial charge < -0.3 is 43.3 Å². The second-order valence-corrected chi connectivity index (χ2v) is 27.5. The average molecular weight is 1210 g/mol. The van der Waals surface area contributed by atoms with Crippen LogP contribution in [0.15, 0.2) is 94.6 Å². The van der Waals surface area contributed by atoms with Crippen molar-refractivity contribution in [2.45, 2.75) is 101 Å². The number of benzene rings is 2. The van der Waals surface area contributed by atoms with Crippen molar-refractivity contribution in [2.75, 3.05) is 119 Å². The quantitative estimate of drug-likeness (QED) is 0.0123. The van der Waals surface area contributed by atoms with Crippen LogP contribution in [-0.2, 0) is 72.6 Å². The standard InChI is InChI=1S/C57H82BrN4O15PS/c1-54(2,41-57(7,58)53(65)75-37-38-77-78(66,67)76-30-28-62(9,10)11)52(64)74-36-35-73-34-33-72-32-31-71-29-26-59-51(63)25-27-61-48-22-21-44(79(68,69)70)40-46(48)56(5,6)50(61)24-20-43-16-14-15-42(39-43)19-23-49-55(3,4)45-17-12-13-18-47(45)60(49)8/h12-13,17-24,39-40H,14-16,25-38,41H2,1-11H3,(H-2,59,63,66,67,68,69,70)/p+2. The van der Waals surface area contributed by atoms with Gasteiger partial charge in [0.1, 0.15) is 37.7 Å². The lowest BCUT2D eigenvalue weighted by atomic mass is 9.81. The Morgan fingerprint density at radius 2 is 1.44 bits per heavy atom. The molecule has 1 amide bonds. The Labute approximate surface area is 476 Å². The minimum Gasteiger partial charge on any atom is -0.463 e. The molecule has 1 aliphatic carbocycles. The molecular formula is C57H84BrN4O15PS+2. The number of quaternary nitrogens is 1. The molecule has 0 radical (unpaired) electrons. The zero-order chi connectivity index (χ0) is 58.5. The Morgan fingerprint density at radius 1 is 0.823 bits per heavy atom. The number of halogens is 1. The monoisotopic (exact) mass is 1210 g/mol. The molecule has 2 heterocycles. The molecule has 0 spiro atoms. The van der Waals surface area contributed by atoms with Crippen LogP contribution in [0.2, 0.25) is 0 Å². The number of nitrogens with zero attached hydrogens (tertiary/aromatic N) is 3. The smallest absolute Gasteiger partial charge is 0.463 e. The van der Waals surface area contributed by atoms with E-state index in [0.717, 1.165) is 36.2 Å². The first-order valence-corrected chi connectivity index (χ1v) is 30.4. The van der Waals surface area contributed by atoms with Crippen LogP contribution in [0.4, 0.5) is 11.4 Å². The summed E-state index contributed by atoms with van der Waals surface area (Å²) in [4.78, 5) is 50.6. The summed E-state index contributed by atoms with van der Waals surface area (Å²) in [5.74, 6) is -1.41. The number of fused-ring (bicyclic) bond motifs is 2. The van der Waals surface area contributed by atoms with Gasteiger partial charge in [-0.05, 0) is 101 Å². The van der Waals surface area contributed by atoms with Gasteiger partial charge in [0.05, 0.1) is 83.1 Å². The maximum atomic E-state index is 13.2. The number of anilines is 1. The highest BCUT2D eigenvalue weighted by molar-refractivity contribution is 9.10. The fourth-order valence-electron chi connectivity index (χ4n) is 9.75. The molecule has 22 heteroatoms. The van der Waals surface area contributed by atoms with Crippen LogP contribution in [0.25, 0.3) is 0 Å². The fraction of sp³-hybridized carbons (Fsp3) is 0.579. The van der Waals surface area contributed by atoms with Crippen LogP contribution in [-0.4, -0.2) is 169 Å². The fourth-order valence-corrected chi connectivity index (χ4v) is 11.8. The maximum absolute atomic E-state index is 13.2. The number of carbonyl (C=O) groups excluding carboxylic acids is 3. The molecule has 0 fully saturated rings. The number of ether oxygens (including phenoxy) is 5. The molecule has 2 aliphatic heterocycles. The van der Waals surface area contributed by atoms with E-state index >= 15 is 0 Å². The van der Waals surface area contributed by atoms with E-state index in [9.17, 15) is 36.8 Å². The van der Waals surface area contributed by atoms with Crippen molar-refractivity contribution in [3.8, 4) is 0 Å². The van der Waals surface area contributed by atoms with E-state index in [2.05, 4.69) is 106 Å². The van der Waals surface area contributed by atoms with Crippen molar-refractivity contribution < 1.29 is 78.6 Å². The largest absolute Gasteiger partial charge is 0.472 e. The number of hydrogen-bond donors (Lipinski definition) is 3. The molecule has 0 aromatic heterocycles. The van der Waals surface area contributed by atoms with Crippen molar-refractivity contribution in [3.63, 3.8) is 0 Å². The lowest BCUT2D eigenvalue weighted by molar-refractivity contribution is -0.870. The lowest BCUT2D eigenvalue weighted by Crippen LogP contribution is -2.40. The number of esters is 2. The third-order valence-electron chi connectivity index (χ3n) is 14.0. The van der Waals surface area contributed by atoms with Gasteiger partial charge in [0.25, 0.3) is 10.1 Å². The van der Waals surface area contributed by atoms with Gasteiger partial charge in [0.15, 0.2) is 5.71 Å². The third-order valence-corrected chi connectivity index (χ3v) is 16.5. The number of alkyl halides is 1. The molecule has 3 N–H and O–H groups in total. The number of amides is 1. The topological polar surface area (TPSA) is 226 Å². The number of phosphoric ester groups is 1. The van der Waals surface area contributed by atoms with Crippen LogP contribution >= 0.6 is 23.8 Å². The molecule has 0 bridgehead atoms. The van der Waals surface area contributed by atoms with Crippen molar-refractivity contribution in [2.24, 2.45) is 5.41 Å². The minimum absolute atomic E-state index is 0.00966. The lowest BCUT2D eigenvalue weighted by Gasteiger charge is -2.30. The van der Waals surface area contributed by atoms with Crippen molar-refractivity contribution in [3.05, 3.63) is 101 Å². The normalized spacial score (nSPS) is 18.8. The van der Waals surface area contributed by atoms with E-state index in [1.807, 2.05) is 35.0 Å². The predicted octanol–water partition coefficient (Wildman–Crippen LogP) is 8.27. The highest BCUT2D eigenvalue weighted by atomic mass is 79.9. The van der Waals surface area contributed by atoms with Gasteiger partial charge in [-0.15, -0.1) is 0 Å². The number of para-hydroxylation sites is 1. The molecule has 2 aromatic carbocycles. The number of likely N-dealkylation sites (N-methyl/N-ethyl adjacent to an activating group) is 1. The summed E-state index contributed by atoms with van der Waals surface area (Å²) in [5.41, 5.74) is 6.72. The third kappa shape index (κ3) is 19.1. The summed E-state index contributed by atoms with van der Waals surface area (Å²) in [6, 6.07) is 13.1. The van der Waals surface area contributed by atoms with Crippen LogP contribution in [0.5, 0.6) is 0 Å². The van der Waals surface area contributed by atoms with Crippen LogP contribution in [0.1, 0.15) is 91.7 Å². The van der Waals surface area contributed by atoms with Gasteiger partial charge in [0.2, 0.25) is 11.6 Å². The van der Waals surface area contributed by atoms with Crippen molar-refractivity contribution in [1.29, 1.82) is 0 Å². The maximum Gasteiger partial charge on any atom is 0.472 e. The van der Waals surface area contributed by atoms with E-state index in [1.54, 1.807) is 26.8 Å². The van der Waals surface area contributed by atoms with E-state index in [0.29, 0.717) is 30.8 Å². The first-order valence-electron chi connectivity index (χ1n) is 26.7. The number of allylic oxidation sites excluding steroid dienone is 8. The number of rotatable bonds is 31. The Hall–Kier alpha value is -4.38. The summed E-state index contributed by atoms with van der Waals surface area (Å²) < 4.78 is 85.3. The Kier molecular flexibility index (Phi) is 23.2.